The van der Waals surface area contributed by atoms with Crippen molar-refractivity contribution < 1.29 is 47.5 Å². The Morgan fingerprint density at radius 2 is 1.77 bits per heavy atom. The molecule has 1 saturated heterocycles. The van der Waals surface area contributed by atoms with Crippen molar-refractivity contribution in [3.63, 3.8) is 0 Å². The molecule has 0 spiro atoms. The molecule has 0 bridgehead atoms. The Bertz CT molecular complexity index is 1660. The van der Waals surface area contributed by atoms with E-state index in [9.17, 15) is 9.59 Å². The maximum absolute atomic E-state index is 13.1. The van der Waals surface area contributed by atoms with Gasteiger partial charge in [0.15, 0.2) is 5.78 Å². The lowest BCUT2D eigenvalue weighted by molar-refractivity contribution is -0.929. The number of carbonyl (C=O) groups excluding carboxylic acids is 2. The molecule has 1 saturated carbocycles. The van der Waals surface area contributed by atoms with E-state index in [1.54, 1.807) is 18.6 Å². The van der Waals surface area contributed by atoms with Gasteiger partial charge in [-0.3, -0.25) is 19.2 Å². The van der Waals surface area contributed by atoms with Gasteiger partial charge in [-0.05, 0) is 67.1 Å². The fraction of sp³-hybridized carbons (Fsp3) is 0.361. The molecule has 47 heavy (non-hydrogen) atoms. The molecule has 6 rings (SSSR count). The number of nitrogens with one attached hydrogen (secondary N) is 1. The molecule has 2 aromatic carbocycles. The number of ketones is 1. The third-order valence-corrected chi connectivity index (χ3v) is 8.92. The number of likely N-dealkylation sites (N-methyl/N-ethyl adjacent to an activating group) is 1. The van der Waals surface area contributed by atoms with Crippen molar-refractivity contribution in [3.8, 4) is 11.3 Å². The highest BCUT2D eigenvalue weighted by atomic mass is 127. The number of aryl methyl sites for hydroxylation is 1. The van der Waals surface area contributed by atoms with Crippen LogP contribution < -0.4 is 29.3 Å². The lowest BCUT2D eigenvalue weighted by atomic mass is 9.96. The number of hydrogen-bond acceptors (Lipinski definition) is 9. The first-order valence-electron chi connectivity index (χ1n) is 15.9. The zero-order chi connectivity index (χ0) is 31.9. The topological polar surface area (TPSA) is 107 Å². The standard InChI is InChI=1S/C36H41N6O4.HI/c1-26-21-28(10-13-32(26)39-35-38-16-14-33(40-35)30-5-4-15-37-23-30)22-34(43)29-11-8-27(9-12-29)24-41-17-19-42(2,20-18-41)25-45-36(44)46-31-6-3-7-31;/h4-5,8-16,21,23,31H,3,6-7,17-20,22,24-25H2,1-2H3,(H,38,39,40);1H/q+1;/p-1. The van der Waals surface area contributed by atoms with Gasteiger partial charge in [0, 0.05) is 61.5 Å². The van der Waals surface area contributed by atoms with Crippen LogP contribution in [0.3, 0.4) is 0 Å². The first-order chi connectivity index (χ1) is 22.3. The molecule has 2 aliphatic rings. The second-order valence-corrected chi connectivity index (χ2v) is 12.6. The Hall–Kier alpha value is -3.94. The maximum Gasteiger partial charge on any atom is 0.512 e. The SMILES string of the molecule is Cc1cc(CC(=O)c2ccc(CN3CC[N+](C)(COC(=O)OC4CCC4)CC3)cc2)ccc1Nc1nccc(-c2cccnc2)n1.[I-]. The lowest BCUT2D eigenvalue weighted by Gasteiger charge is -2.41. The first kappa shape index (κ1) is 34.4. The van der Waals surface area contributed by atoms with Gasteiger partial charge in [0.2, 0.25) is 12.7 Å². The number of quaternary nitrogens is 1. The van der Waals surface area contributed by atoms with Gasteiger partial charge in [0.05, 0.1) is 25.8 Å². The fourth-order valence-electron chi connectivity index (χ4n) is 5.68. The fourth-order valence-corrected chi connectivity index (χ4v) is 5.68. The number of carbonyl (C=O) groups is 2. The van der Waals surface area contributed by atoms with Crippen LogP contribution in [0.5, 0.6) is 0 Å². The molecule has 0 radical (unpaired) electrons. The van der Waals surface area contributed by atoms with Crippen molar-refractivity contribution in [2.24, 2.45) is 0 Å². The Labute approximate surface area is 293 Å². The number of ether oxygens (including phenoxy) is 2. The molecule has 0 unspecified atom stereocenters. The number of pyridine rings is 1. The van der Waals surface area contributed by atoms with Crippen molar-refractivity contribution in [3.05, 3.63) is 102 Å². The van der Waals surface area contributed by atoms with Gasteiger partial charge in [0.1, 0.15) is 6.10 Å². The summed E-state index contributed by atoms with van der Waals surface area (Å²) in [6.45, 7) is 6.77. The highest BCUT2D eigenvalue weighted by molar-refractivity contribution is 5.97. The highest BCUT2D eigenvalue weighted by Gasteiger charge is 2.31. The number of benzene rings is 2. The molecule has 1 N–H and O–H groups in total. The molecule has 11 heteroatoms. The predicted octanol–water partition coefficient (Wildman–Crippen LogP) is 2.95. The van der Waals surface area contributed by atoms with Crippen LogP contribution in [0.25, 0.3) is 11.3 Å². The van der Waals surface area contributed by atoms with E-state index in [1.807, 2.05) is 67.6 Å². The zero-order valence-electron chi connectivity index (χ0n) is 26.9. The minimum Gasteiger partial charge on any atom is -1.00 e. The molecule has 1 aliphatic carbocycles. The van der Waals surface area contributed by atoms with Crippen LogP contribution in [-0.2, 0) is 22.4 Å². The first-order valence-corrected chi connectivity index (χ1v) is 15.9. The summed E-state index contributed by atoms with van der Waals surface area (Å²) < 4.78 is 11.4. The number of hydrogen-bond donors (Lipinski definition) is 1. The van der Waals surface area contributed by atoms with Crippen molar-refractivity contribution in [2.45, 2.75) is 45.3 Å². The molecule has 2 aromatic heterocycles. The molecular weight excluding hydrogens is 707 g/mol. The highest BCUT2D eigenvalue weighted by Crippen LogP contribution is 2.24. The Morgan fingerprint density at radius 3 is 2.45 bits per heavy atom. The van der Waals surface area contributed by atoms with E-state index in [4.69, 9.17) is 9.47 Å². The zero-order valence-corrected chi connectivity index (χ0v) is 29.1. The maximum atomic E-state index is 13.1. The average Bonchev–Trinajstić information content (AvgIpc) is 3.05. The summed E-state index contributed by atoms with van der Waals surface area (Å²) in [6.07, 6.45) is 8.06. The van der Waals surface area contributed by atoms with Crippen molar-refractivity contribution in [1.29, 1.82) is 0 Å². The van der Waals surface area contributed by atoms with E-state index in [-0.39, 0.29) is 35.9 Å². The van der Waals surface area contributed by atoms with Crippen molar-refractivity contribution >= 4 is 23.6 Å². The summed E-state index contributed by atoms with van der Waals surface area (Å²) >= 11 is 0. The number of Topliss-reactive ketones (excluding diaryl/α,β-unsaturated/α-hetero) is 1. The minimum absolute atomic E-state index is 0. The van der Waals surface area contributed by atoms with Gasteiger partial charge >= 0.3 is 6.16 Å². The molecule has 4 aromatic rings. The summed E-state index contributed by atoms with van der Waals surface area (Å²) in [5.41, 5.74) is 6.45. The van der Waals surface area contributed by atoms with Crippen LogP contribution in [0, 0.1) is 6.92 Å². The molecule has 1 aliphatic heterocycles. The van der Waals surface area contributed by atoms with Crippen LogP contribution in [0.4, 0.5) is 16.4 Å². The molecule has 10 nitrogen and oxygen atoms in total. The number of rotatable bonds is 11. The largest absolute Gasteiger partial charge is 1.00 e. The van der Waals surface area contributed by atoms with Crippen LogP contribution >= 0.6 is 0 Å². The minimum atomic E-state index is -0.542. The monoisotopic (exact) mass is 748 g/mol. The summed E-state index contributed by atoms with van der Waals surface area (Å²) in [5.74, 6) is 0.585. The van der Waals surface area contributed by atoms with Crippen LogP contribution in [0.15, 0.2) is 79.3 Å². The Balaban J connectivity index is 0.00000433. The van der Waals surface area contributed by atoms with Crippen LogP contribution in [0.1, 0.15) is 46.3 Å². The quantitative estimate of drug-likeness (QED) is 0.107. The summed E-state index contributed by atoms with van der Waals surface area (Å²) in [4.78, 5) is 40.7. The number of halogens is 1. The number of piperazine rings is 1. The predicted molar refractivity (Wildman–Crippen MR) is 175 cm³/mol. The Morgan fingerprint density at radius 1 is 1.00 bits per heavy atom. The van der Waals surface area contributed by atoms with E-state index >= 15 is 0 Å². The summed E-state index contributed by atoms with van der Waals surface area (Å²) in [5, 5.41) is 3.30. The molecule has 0 atom stereocenters. The van der Waals surface area contributed by atoms with E-state index < -0.39 is 6.16 Å². The van der Waals surface area contributed by atoms with Gasteiger partial charge in [-0.2, -0.15) is 0 Å². The number of anilines is 2. The van der Waals surface area contributed by atoms with Gasteiger partial charge in [0.25, 0.3) is 0 Å². The molecule has 2 fully saturated rings. The van der Waals surface area contributed by atoms with Gasteiger partial charge in [-0.1, -0.05) is 36.4 Å². The summed E-state index contributed by atoms with van der Waals surface area (Å²) in [6, 6.07) is 19.6. The van der Waals surface area contributed by atoms with E-state index in [0.717, 1.165) is 80.1 Å². The van der Waals surface area contributed by atoms with E-state index in [2.05, 4.69) is 32.2 Å². The second-order valence-electron chi connectivity index (χ2n) is 12.6. The smallest absolute Gasteiger partial charge is 0.512 e. The number of aromatic nitrogens is 3. The van der Waals surface area contributed by atoms with Gasteiger partial charge < -0.3 is 38.8 Å². The third kappa shape index (κ3) is 9.33. The molecule has 3 heterocycles. The van der Waals surface area contributed by atoms with Crippen molar-refractivity contribution in [2.75, 3.05) is 45.3 Å². The van der Waals surface area contributed by atoms with Gasteiger partial charge in [-0.25, -0.2) is 14.8 Å². The molecule has 246 valence electrons. The number of nitrogens with zero attached hydrogens (tertiary/aromatic N) is 5. The molecular formula is C36H41IN6O4. The average molecular weight is 749 g/mol. The van der Waals surface area contributed by atoms with E-state index in [1.165, 1.54) is 5.56 Å². The third-order valence-electron chi connectivity index (χ3n) is 8.92. The Kier molecular flexibility index (Phi) is 11.5. The van der Waals surface area contributed by atoms with Crippen molar-refractivity contribution in [1.82, 2.24) is 19.9 Å². The van der Waals surface area contributed by atoms with Crippen LogP contribution in [0.2, 0.25) is 0 Å². The summed E-state index contributed by atoms with van der Waals surface area (Å²) in [7, 11) is 2.12. The van der Waals surface area contributed by atoms with Crippen LogP contribution in [-0.4, -0.2) is 82.3 Å². The lowest BCUT2D eigenvalue weighted by Crippen LogP contribution is -3.00. The van der Waals surface area contributed by atoms with Gasteiger partial charge in [-0.15, -0.1) is 0 Å². The normalized spacial score (nSPS) is 16.0. The van der Waals surface area contributed by atoms with E-state index in [0.29, 0.717) is 29.1 Å². The second kappa shape index (κ2) is 15.8. The molecule has 0 amide bonds.